The van der Waals surface area contributed by atoms with Crippen molar-refractivity contribution in [3.63, 3.8) is 0 Å². The largest absolute Gasteiger partial charge is 0.507 e. The van der Waals surface area contributed by atoms with Crippen molar-refractivity contribution in [3.8, 4) is 28.7 Å². The molecule has 2 rings (SSSR count). The minimum atomic E-state index is -0.415. The van der Waals surface area contributed by atoms with E-state index in [0.717, 1.165) is 0 Å². The standard InChI is InChI=1S/C19H20O6/c1-22-13-10-15(21)18(17(11-13)24-3)14(20)9-8-12-6-5-7-16(23-2)19(12)25-4/h5-11,21H,1-4H3/b9-8+. The number of ether oxygens (including phenoxy) is 4. The van der Waals surface area contributed by atoms with Crippen LogP contribution in [0.2, 0.25) is 0 Å². The summed E-state index contributed by atoms with van der Waals surface area (Å²) in [5.41, 5.74) is 0.726. The molecular weight excluding hydrogens is 324 g/mol. The first kappa shape index (κ1) is 18.2. The molecule has 0 aromatic heterocycles. The Balaban J connectivity index is 2.39. The second-order valence-electron chi connectivity index (χ2n) is 5.00. The van der Waals surface area contributed by atoms with Crippen LogP contribution in [0.25, 0.3) is 6.08 Å². The molecule has 0 unspecified atom stereocenters. The Morgan fingerprint density at radius 2 is 1.68 bits per heavy atom. The van der Waals surface area contributed by atoms with Gasteiger partial charge in [-0.05, 0) is 18.2 Å². The Bertz CT molecular complexity index is 795. The molecule has 2 aromatic rings. The molecule has 0 spiro atoms. The molecule has 132 valence electrons. The number of ketones is 1. The van der Waals surface area contributed by atoms with Crippen molar-refractivity contribution in [1.29, 1.82) is 0 Å². The van der Waals surface area contributed by atoms with Gasteiger partial charge in [0.25, 0.3) is 0 Å². The number of hydrogen-bond acceptors (Lipinski definition) is 6. The number of benzene rings is 2. The Morgan fingerprint density at radius 1 is 0.960 bits per heavy atom. The molecule has 0 aliphatic heterocycles. The number of para-hydroxylation sites is 1. The van der Waals surface area contributed by atoms with Gasteiger partial charge in [-0.1, -0.05) is 12.1 Å². The maximum absolute atomic E-state index is 12.5. The van der Waals surface area contributed by atoms with Crippen LogP contribution >= 0.6 is 0 Å². The van der Waals surface area contributed by atoms with Crippen LogP contribution in [0.15, 0.2) is 36.4 Å². The Morgan fingerprint density at radius 3 is 2.28 bits per heavy atom. The molecule has 0 aliphatic carbocycles. The predicted octanol–water partition coefficient (Wildman–Crippen LogP) is 3.32. The van der Waals surface area contributed by atoms with Gasteiger partial charge < -0.3 is 24.1 Å². The van der Waals surface area contributed by atoms with Crippen molar-refractivity contribution in [2.45, 2.75) is 0 Å². The van der Waals surface area contributed by atoms with Gasteiger partial charge in [0.05, 0.1) is 28.4 Å². The van der Waals surface area contributed by atoms with E-state index in [0.29, 0.717) is 22.8 Å². The molecule has 6 nitrogen and oxygen atoms in total. The smallest absolute Gasteiger partial charge is 0.193 e. The second-order valence-corrected chi connectivity index (χ2v) is 5.00. The molecule has 0 saturated heterocycles. The van der Waals surface area contributed by atoms with Crippen LogP contribution < -0.4 is 18.9 Å². The first-order chi connectivity index (χ1) is 12.0. The van der Waals surface area contributed by atoms with E-state index in [1.165, 1.54) is 46.6 Å². The van der Waals surface area contributed by atoms with Gasteiger partial charge in [0.1, 0.15) is 22.8 Å². The van der Waals surface area contributed by atoms with Gasteiger partial charge in [-0.3, -0.25) is 4.79 Å². The minimum Gasteiger partial charge on any atom is -0.507 e. The third-order valence-electron chi connectivity index (χ3n) is 3.60. The van der Waals surface area contributed by atoms with Gasteiger partial charge in [0, 0.05) is 17.7 Å². The highest BCUT2D eigenvalue weighted by Gasteiger charge is 2.17. The molecule has 0 fully saturated rings. The van der Waals surface area contributed by atoms with Crippen molar-refractivity contribution in [3.05, 3.63) is 47.5 Å². The van der Waals surface area contributed by atoms with Crippen molar-refractivity contribution in [2.75, 3.05) is 28.4 Å². The fourth-order valence-corrected chi connectivity index (χ4v) is 2.39. The first-order valence-electron chi connectivity index (χ1n) is 7.44. The number of methoxy groups -OCH3 is 4. The van der Waals surface area contributed by atoms with Crippen LogP contribution in [0.5, 0.6) is 28.7 Å². The molecule has 0 aliphatic rings. The van der Waals surface area contributed by atoms with Crippen LogP contribution in [-0.2, 0) is 0 Å². The zero-order chi connectivity index (χ0) is 18.4. The van der Waals surface area contributed by atoms with Crippen LogP contribution in [0.4, 0.5) is 0 Å². The van der Waals surface area contributed by atoms with Gasteiger partial charge in [0.15, 0.2) is 17.3 Å². The lowest BCUT2D eigenvalue weighted by Crippen LogP contribution is -2.01. The second kappa shape index (κ2) is 8.10. The van der Waals surface area contributed by atoms with Crippen LogP contribution in [0, 0.1) is 0 Å². The van der Waals surface area contributed by atoms with Gasteiger partial charge in [-0.2, -0.15) is 0 Å². The third kappa shape index (κ3) is 3.85. The van der Waals surface area contributed by atoms with Crippen LogP contribution in [0.3, 0.4) is 0 Å². The number of hydrogen-bond donors (Lipinski definition) is 1. The van der Waals surface area contributed by atoms with Crippen molar-refractivity contribution < 1.29 is 28.8 Å². The lowest BCUT2D eigenvalue weighted by molar-refractivity contribution is 0.104. The van der Waals surface area contributed by atoms with Gasteiger partial charge in [0.2, 0.25) is 0 Å². The summed E-state index contributed by atoms with van der Waals surface area (Å²) in [5, 5.41) is 10.1. The summed E-state index contributed by atoms with van der Waals surface area (Å²) >= 11 is 0. The lowest BCUT2D eigenvalue weighted by atomic mass is 10.1. The fraction of sp³-hybridized carbons (Fsp3) is 0.211. The van der Waals surface area contributed by atoms with E-state index in [4.69, 9.17) is 18.9 Å². The summed E-state index contributed by atoms with van der Waals surface area (Å²) in [4.78, 5) is 12.5. The highest BCUT2D eigenvalue weighted by atomic mass is 16.5. The fourth-order valence-electron chi connectivity index (χ4n) is 2.39. The highest BCUT2D eigenvalue weighted by molar-refractivity contribution is 6.10. The van der Waals surface area contributed by atoms with Gasteiger partial charge in [-0.15, -0.1) is 0 Å². The summed E-state index contributed by atoms with van der Waals surface area (Å²) in [7, 11) is 5.94. The molecule has 6 heteroatoms. The summed E-state index contributed by atoms with van der Waals surface area (Å²) in [6, 6.07) is 8.23. The minimum absolute atomic E-state index is 0.0569. The molecule has 0 bridgehead atoms. The van der Waals surface area contributed by atoms with Crippen LogP contribution in [0.1, 0.15) is 15.9 Å². The van der Waals surface area contributed by atoms with E-state index in [1.54, 1.807) is 24.3 Å². The predicted molar refractivity (Wildman–Crippen MR) is 94.1 cm³/mol. The number of phenols is 1. The molecule has 0 amide bonds. The van der Waals surface area contributed by atoms with Crippen molar-refractivity contribution >= 4 is 11.9 Å². The Kier molecular flexibility index (Phi) is 5.89. The zero-order valence-corrected chi connectivity index (χ0v) is 14.5. The molecule has 0 heterocycles. The topological polar surface area (TPSA) is 74.2 Å². The lowest BCUT2D eigenvalue weighted by Gasteiger charge is -2.11. The first-order valence-corrected chi connectivity index (χ1v) is 7.44. The summed E-state index contributed by atoms with van der Waals surface area (Å²) in [6.07, 6.45) is 2.92. The average Bonchev–Trinajstić information content (AvgIpc) is 2.64. The zero-order valence-electron chi connectivity index (χ0n) is 14.5. The van der Waals surface area contributed by atoms with E-state index in [1.807, 2.05) is 0 Å². The number of aromatic hydroxyl groups is 1. The number of rotatable bonds is 7. The average molecular weight is 344 g/mol. The SMILES string of the molecule is COc1cc(O)c(C(=O)/C=C/c2cccc(OC)c2OC)c(OC)c1. The number of phenolic OH excluding ortho intramolecular Hbond substituents is 1. The molecule has 1 N–H and O–H groups in total. The Hall–Kier alpha value is -3.15. The molecule has 0 saturated carbocycles. The molecule has 2 aromatic carbocycles. The highest BCUT2D eigenvalue weighted by Crippen LogP contribution is 2.35. The molecule has 0 radical (unpaired) electrons. The Labute approximate surface area is 146 Å². The molecule has 25 heavy (non-hydrogen) atoms. The van der Waals surface area contributed by atoms with E-state index >= 15 is 0 Å². The maximum atomic E-state index is 12.5. The quantitative estimate of drug-likeness (QED) is 0.613. The molecule has 0 atom stereocenters. The number of carbonyl (C=O) groups is 1. The summed E-state index contributed by atoms with van der Waals surface area (Å²) < 4.78 is 20.8. The number of carbonyl (C=O) groups excluding carboxylic acids is 1. The van der Waals surface area contributed by atoms with Crippen molar-refractivity contribution in [2.24, 2.45) is 0 Å². The van der Waals surface area contributed by atoms with E-state index in [9.17, 15) is 9.90 Å². The van der Waals surface area contributed by atoms with E-state index in [-0.39, 0.29) is 17.1 Å². The van der Waals surface area contributed by atoms with Gasteiger partial charge in [-0.25, -0.2) is 0 Å². The monoisotopic (exact) mass is 344 g/mol. The summed E-state index contributed by atoms with van der Waals surface area (Å²) in [6.45, 7) is 0. The van der Waals surface area contributed by atoms with Crippen molar-refractivity contribution in [1.82, 2.24) is 0 Å². The summed E-state index contributed by atoms with van der Waals surface area (Å²) in [5.74, 6) is 1.06. The van der Waals surface area contributed by atoms with Crippen LogP contribution in [-0.4, -0.2) is 39.3 Å². The van der Waals surface area contributed by atoms with E-state index in [2.05, 4.69) is 0 Å². The van der Waals surface area contributed by atoms with Gasteiger partial charge >= 0.3 is 0 Å². The number of allylic oxidation sites excluding steroid dienone is 1. The normalized spacial score (nSPS) is 10.6. The molecular formula is C19H20O6. The third-order valence-corrected chi connectivity index (χ3v) is 3.60. The van der Waals surface area contributed by atoms with E-state index < -0.39 is 5.78 Å². The maximum Gasteiger partial charge on any atom is 0.193 e.